The van der Waals surface area contributed by atoms with Gasteiger partial charge in [-0.15, -0.1) is 0 Å². The van der Waals surface area contributed by atoms with E-state index in [1.165, 1.54) is 18.9 Å². The minimum atomic E-state index is -4.48. The minimum Gasteiger partial charge on any atom is -0.469 e. The van der Waals surface area contributed by atoms with Gasteiger partial charge in [-0.05, 0) is 18.8 Å². The summed E-state index contributed by atoms with van der Waals surface area (Å²) in [6.07, 6.45) is -3.36. The molecule has 1 saturated heterocycles. The molecule has 0 aromatic carbocycles. The van der Waals surface area contributed by atoms with Gasteiger partial charge in [0.15, 0.2) is 0 Å². The summed E-state index contributed by atoms with van der Waals surface area (Å²) < 4.78 is 43.6. The van der Waals surface area contributed by atoms with Gasteiger partial charge in [-0.2, -0.15) is 13.2 Å². The molecule has 0 aromatic rings. The van der Waals surface area contributed by atoms with E-state index in [4.69, 9.17) is 0 Å². The summed E-state index contributed by atoms with van der Waals surface area (Å²) in [6, 6.07) is -2.59. The van der Waals surface area contributed by atoms with E-state index in [1.807, 2.05) is 0 Å². The molecule has 1 aliphatic rings. The summed E-state index contributed by atoms with van der Waals surface area (Å²) in [6.45, 7) is 3.60. The summed E-state index contributed by atoms with van der Waals surface area (Å²) in [4.78, 5) is 24.7. The van der Waals surface area contributed by atoms with Crippen LogP contribution in [0.1, 0.15) is 33.1 Å². The van der Waals surface area contributed by atoms with Crippen molar-refractivity contribution in [2.24, 2.45) is 11.8 Å². The lowest BCUT2D eigenvalue weighted by Crippen LogP contribution is -2.55. The second-order valence-corrected chi connectivity index (χ2v) is 5.64. The second-order valence-electron chi connectivity index (χ2n) is 5.64. The molecule has 5 nitrogen and oxygen atoms in total. The molecule has 128 valence electrons. The number of nitrogens with zero attached hydrogens (tertiary/aromatic N) is 1. The molecule has 22 heavy (non-hydrogen) atoms. The molecular weight excluding hydrogens is 301 g/mol. The zero-order chi connectivity index (χ0) is 16.9. The SMILES string of the molecule is CC[C@@H](C)[C@H](NC(=O)N1CCC(C(=O)OC)CC1)C(F)(F)F. The van der Waals surface area contributed by atoms with Crippen LogP contribution in [0, 0.1) is 11.8 Å². The van der Waals surface area contributed by atoms with E-state index < -0.39 is 24.2 Å². The van der Waals surface area contributed by atoms with E-state index in [0.717, 1.165) is 0 Å². The van der Waals surface area contributed by atoms with Gasteiger partial charge < -0.3 is 15.0 Å². The largest absolute Gasteiger partial charge is 0.469 e. The predicted octanol–water partition coefficient (Wildman–Crippen LogP) is 2.56. The predicted molar refractivity (Wildman–Crippen MR) is 74.1 cm³/mol. The van der Waals surface area contributed by atoms with Gasteiger partial charge in [-0.1, -0.05) is 20.3 Å². The highest BCUT2D eigenvalue weighted by molar-refractivity contribution is 5.76. The van der Waals surface area contributed by atoms with E-state index in [1.54, 1.807) is 6.92 Å². The Morgan fingerprint density at radius 3 is 2.27 bits per heavy atom. The van der Waals surface area contributed by atoms with Crippen molar-refractivity contribution in [3.63, 3.8) is 0 Å². The molecule has 2 atom stereocenters. The van der Waals surface area contributed by atoms with E-state index >= 15 is 0 Å². The molecule has 0 saturated carbocycles. The number of alkyl halides is 3. The smallest absolute Gasteiger partial charge is 0.408 e. The number of urea groups is 1. The van der Waals surface area contributed by atoms with Crippen LogP contribution in [0.25, 0.3) is 0 Å². The van der Waals surface area contributed by atoms with Crippen molar-refractivity contribution in [3.05, 3.63) is 0 Å². The third-order valence-corrected chi connectivity index (χ3v) is 4.16. The van der Waals surface area contributed by atoms with E-state index in [-0.39, 0.29) is 25.0 Å². The molecule has 0 spiro atoms. The summed E-state index contributed by atoms with van der Waals surface area (Å²) in [5.74, 6) is -1.33. The Kier molecular flexibility index (Phi) is 6.49. The molecule has 1 fully saturated rings. The Bertz CT molecular complexity index is 393. The monoisotopic (exact) mass is 324 g/mol. The molecule has 1 heterocycles. The number of hydrogen-bond acceptors (Lipinski definition) is 3. The number of rotatable bonds is 4. The molecule has 1 aliphatic heterocycles. The number of piperidine rings is 1. The van der Waals surface area contributed by atoms with Gasteiger partial charge in [0.25, 0.3) is 0 Å². The number of ether oxygens (including phenoxy) is 1. The first-order chi connectivity index (χ1) is 10.2. The summed E-state index contributed by atoms with van der Waals surface area (Å²) >= 11 is 0. The fourth-order valence-electron chi connectivity index (χ4n) is 2.49. The maximum absolute atomic E-state index is 13.0. The molecule has 8 heteroatoms. The van der Waals surface area contributed by atoms with Crippen molar-refractivity contribution >= 4 is 12.0 Å². The van der Waals surface area contributed by atoms with Crippen molar-refractivity contribution in [2.75, 3.05) is 20.2 Å². The Morgan fingerprint density at radius 1 is 1.32 bits per heavy atom. The lowest BCUT2D eigenvalue weighted by molar-refractivity contribution is -0.164. The number of esters is 1. The van der Waals surface area contributed by atoms with Crippen molar-refractivity contribution < 1.29 is 27.5 Å². The molecule has 0 unspecified atom stereocenters. The van der Waals surface area contributed by atoms with E-state index in [9.17, 15) is 22.8 Å². The number of methoxy groups -OCH3 is 1. The molecule has 0 aliphatic carbocycles. The average molecular weight is 324 g/mol. The highest BCUT2D eigenvalue weighted by atomic mass is 19.4. The van der Waals surface area contributed by atoms with Crippen LogP contribution in [0.3, 0.4) is 0 Å². The van der Waals surface area contributed by atoms with Crippen LogP contribution in [-0.2, 0) is 9.53 Å². The zero-order valence-electron chi connectivity index (χ0n) is 13.1. The van der Waals surface area contributed by atoms with Crippen LogP contribution < -0.4 is 5.32 Å². The second kappa shape index (κ2) is 7.69. The summed E-state index contributed by atoms with van der Waals surface area (Å²) in [5, 5.41) is 2.08. The van der Waals surface area contributed by atoms with E-state index in [0.29, 0.717) is 19.3 Å². The number of amides is 2. The van der Waals surface area contributed by atoms with Crippen molar-refractivity contribution in [3.8, 4) is 0 Å². The number of hydrogen-bond donors (Lipinski definition) is 1. The molecule has 1 N–H and O–H groups in total. The van der Waals surface area contributed by atoms with E-state index in [2.05, 4.69) is 10.1 Å². The van der Waals surface area contributed by atoms with Gasteiger partial charge in [-0.3, -0.25) is 4.79 Å². The zero-order valence-corrected chi connectivity index (χ0v) is 13.1. The summed E-state index contributed by atoms with van der Waals surface area (Å²) in [5.41, 5.74) is 0. The maximum atomic E-state index is 13.0. The molecule has 2 amide bonds. The molecule has 0 aromatic heterocycles. The minimum absolute atomic E-state index is 0.247. The van der Waals surface area contributed by atoms with Crippen LogP contribution >= 0.6 is 0 Å². The highest BCUT2D eigenvalue weighted by Crippen LogP contribution is 2.28. The first kappa shape index (κ1) is 18.6. The molecule has 1 rings (SSSR count). The van der Waals surface area contributed by atoms with Crippen molar-refractivity contribution in [1.29, 1.82) is 0 Å². The summed E-state index contributed by atoms with van der Waals surface area (Å²) in [7, 11) is 1.29. The number of nitrogens with one attached hydrogen (secondary N) is 1. The molecule has 0 radical (unpaired) electrons. The number of carbonyl (C=O) groups excluding carboxylic acids is 2. The van der Waals surface area contributed by atoms with Gasteiger partial charge >= 0.3 is 18.2 Å². The lowest BCUT2D eigenvalue weighted by Gasteiger charge is -2.34. The lowest BCUT2D eigenvalue weighted by atomic mass is 9.97. The Hall–Kier alpha value is -1.47. The number of likely N-dealkylation sites (tertiary alicyclic amines) is 1. The van der Waals surface area contributed by atoms with Crippen molar-refractivity contribution in [1.82, 2.24) is 10.2 Å². The Balaban J connectivity index is 2.60. The normalized spacial score (nSPS) is 19.5. The Morgan fingerprint density at radius 2 is 1.86 bits per heavy atom. The van der Waals surface area contributed by atoms with Crippen LogP contribution in [0.2, 0.25) is 0 Å². The number of halogens is 3. The highest BCUT2D eigenvalue weighted by Gasteiger charge is 2.44. The van der Waals surface area contributed by atoms with Crippen LogP contribution in [-0.4, -0.2) is 49.3 Å². The maximum Gasteiger partial charge on any atom is 0.408 e. The average Bonchev–Trinajstić information content (AvgIpc) is 2.49. The van der Waals surface area contributed by atoms with Gasteiger partial charge in [0, 0.05) is 13.1 Å². The fraction of sp³-hybridized carbons (Fsp3) is 0.857. The fourth-order valence-corrected chi connectivity index (χ4v) is 2.49. The number of carbonyl (C=O) groups is 2. The van der Waals surface area contributed by atoms with Gasteiger partial charge in [0.2, 0.25) is 0 Å². The third kappa shape index (κ3) is 4.78. The first-order valence-electron chi connectivity index (χ1n) is 7.40. The topological polar surface area (TPSA) is 58.6 Å². The van der Waals surface area contributed by atoms with Crippen LogP contribution in [0.4, 0.5) is 18.0 Å². The van der Waals surface area contributed by atoms with Crippen LogP contribution in [0.5, 0.6) is 0 Å². The standard InChI is InChI=1S/C14H23F3N2O3/c1-4-9(2)11(14(15,16)17)18-13(21)19-7-5-10(6-8-19)12(20)22-3/h9-11H,4-8H2,1-3H3,(H,18,21)/t9-,11+/m1/s1. The van der Waals surface area contributed by atoms with Gasteiger partial charge in [-0.25, -0.2) is 4.79 Å². The quantitative estimate of drug-likeness (QED) is 0.809. The van der Waals surface area contributed by atoms with Crippen molar-refractivity contribution in [2.45, 2.75) is 45.3 Å². The molecular formula is C14H23F3N2O3. The molecule has 0 bridgehead atoms. The third-order valence-electron chi connectivity index (χ3n) is 4.16. The van der Waals surface area contributed by atoms with Gasteiger partial charge in [0.1, 0.15) is 6.04 Å². The van der Waals surface area contributed by atoms with Gasteiger partial charge in [0.05, 0.1) is 13.0 Å². The van der Waals surface area contributed by atoms with Crippen LogP contribution in [0.15, 0.2) is 0 Å². The Labute approximate surface area is 128 Å². The first-order valence-corrected chi connectivity index (χ1v) is 7.40.